The molecule has 17 heavy (non-hydrogen) atoms. The Kier molecular flexibility index (Phi) is 5.05. The molecule has 7 heteroatoms. The minimum atomic E-state index is -1.29. The van der Waals surface area contributed by atoms with Gasteiger partial charge in [-0.05, 0) is 12.1 Å². The van der Waals surface area contributed by atoms with Gasteiger partial charge in [0, 0.05) is 6.08 Å². The van der Waals surface area contributed by atoms with Crippen LogP contribution in [0.15, 0.2) is 24.8 Å². The molecule has 0 saturated carbocycles. The third-order valence-corrected chi connectivity index (χ3v) is 1.49. The second-order valence-electron chi connectivity index (χ2n) is 2.71. The topological polar surface area (TPSA) is 135 Å². The number of benzene rings is 1. The summed E-state index contributed by atoms with van der Waals surface area (Å²) >= 11 is 0. The summed E-state index contributed by atoms with van der Waals surface area (Å²) in [7, 11) is 0. The van der Waals surface area contributed by atoms with Crippen LogP contribution in [0.3, 0.4) is 0 Å². The molecule has 5 N–H and O–H groups in total. The van der Waals surface area contributed by atoms with Gasteiger partial charge >= 0.3 is 11.9 Å². The van der Waals surface area contributed by atoms with E-state index in [-0.39, 0.29) is 5.56 Å². The number of hydrogen-bond acceptors (Lipinski definition) is 5. The lowest BCUT2D eigenvalue weighted by atomic mass is 10.2. The first-order valence-corrected chi connectivity index (χ1v) is 4.13. The number of phenols is 3. The largest absolute Gasteiger partial charge is 0.504 e. The summed E-state index contributed by atoms with van der Waals surface area (Å²) in [4.78, 5) is 19.6. The second kappa shape index (κ2) is 6.01. The van der Waals surface area contributed by atoms with E-state index in [0.29, 0.717) is 0 Å². The third-order valence-electron chi connectivity index (χ3n) is 1.49. The molecule has 0 unspecified atom stereocenters. The summed E-state index contributed by atoms with van der Waals surface area (Å²) in [5, 5.41) is 42.6. The molecule has 0 spiro atoms. The van der Waals surface area contributed by atoms with Crippen molar-refractivity contribution in [3.8, 4) is 17.2 Å². The monoisotopic (exact) mass is 242 g/mol. The Morgan fingerprint density at radius 2 is 1.41 bits per heavy atom. The molecule has 0 fully saturated rings. The summed E-state index contributed by atoms with van der Waals surface area (Å²) in [6.07, 6.45) is 0.833. The van der Waals surface area contributed by atoms with E-state index in [2.05, 4.69) is 6.58 Å². The van der Waals surface area contributed by atoms with Gasteiger partial charge in [0.1, 0.15) is 0 Å². The normalized spacial score (nSPS) is 8.71. The maximum Gasteiger partial charge on any atom is 0.335 e. The van der Waals surface area contributed by atoms with Crippen LogP contribution in [-0.4, -0.2) is 37.5 Å². The van der Waals surface area contributed by atoms with E-state index in [9.17, 15) is 9.59 Å². The zero-order valence-electron chi connectivity index (χ0n) is 8.49. The summed E-state index contributed by atoms with van der Waals surface area (Å²) < 4.78 is 0. The van der Waals surface area contributed by atoms with Crippen molar-refractivity contribution in [2.24, 2.45) is 0 Å². The fourth-order valence-electron chi connectivity index (χ4n) is 0.728. The molecule has 0 bridgehead atoms. The Morgan fingerprint density at radius 1 is 1.06 bits per heavy atom. The first-order valence-electron chi connectivity index (χ1n) is 4.13. The smallest absolute Gasteiger partial charge is 0.335 e. The van der Waals surface area contributed by atoms with Crippen molar-refractivity contribution in [2.45, 2.75) is 0 Å². The van der Waals surface area contributed by atoms with Crippen molar-refractivity contribution in [2.75, 3.05) is 0 Å². The highest BCUT2D eigenvalue weighted by Gasteiger charge is 2.11. The summed E-state index contributed by atoms with van der Waals surface area (Å²) in [5.74, 6) is -4.31. The van der Waals surface area contributed by atoms with Crippen molar-refractivity contribution >= 4 is 11.9 Å². The van der Waals surface area contributed by atoms with E-state index in [0.717, 1.165) is 18.2 Å². The third kappa shape index (κ3) is 4.56. The summed E-state index contributed by atoms with van der Waals surface area (Å²) in [6, 6.07) is 1.69. The van der Waals surface area contributed by atoms with Gasteiger partial charge in [-0.25, -0.2) is 9.59 Å². The van der Waals surface area contributed by atoms with Gasteiger partial charge in [0.05, 0.1) is 5.56 Å². The number of hydrogen-bond donors (Lipinski definition) is 5. The molecule has 0 aliphatic carbocycles. The molecule has 0 amide bonds. The van der Waals surface area contributed by atoms with Crippen LogP contribution in [-0.2, 0) is 4.79 Å². The van der Waals surface area contributed by atoms with Crippen LogP contribution >= 0.6 is 0 Å². The van der Waals surface area contributed by atoms with Crippen molar-refractivity contribution in [3.05, 3.63) is 30.4 Å². The molecule has 0 heterocycles. The molecule has 92 valence electrons. The van der Waals surface area contributed by atoms with Gasteiger partial charge in [0.15, 0.2) is 17.2 Å². The van der Waals surface area contributed by atoms with E-state index < -0.39 is 29.2 Å². The zero-order chi connectivity index (χ0) is 13.6. The molecule has 1 rings (SSSR count). The Labute approximate surface area is 95.5 Å². The molecule has 0 aromatic heterocycles. The average molecular weight is 242 g/mol. The molecule has 0 aliphatic rings. The van der Waals surface area contributed by atoms with Crippen LogP contribution in [0.4, 0.5) is 0 Å². The molecular formula is C10H10O7. The van der Waals surface area contributed by atoms with E-state index >= 15 is 0 Å². The van der Waals surface area contributed by atoms with Crippen LogP contribution in [0.1, 0.15) is 10.4 Å². The molecule has 0 radical (unpaired) electrons. The molecule has 1 aromatic rings. The Morgan fingerprint density at radius 3 is 1.65 bits per heavy atom. The van der Waals surface area contributed by atoms with Crippen molar-refractivity contribution in [1.82, 2.24) is 0 Å². The van der Waals surface area contributed by atoms with E-state index in [1.165, 1.54) is 0 Å². The van der Waals surface area contributed by atoms with Gasteiger partial charge in [0.2, 0.25) is 0 Å². The highest BCUT2D eigenvalue weighted by atomic mass is 16.4. The second-order valence-corrected chi connectivity index (χ2v) is 2.71. The minimum absolute atomic E-state index is 0.289. The van der Waals surface area contributed by atoms with E-state index in [1.54, 1.807) is 0 Å². The van der Waals surface area contributed by atoms with E-state index in [1.807, 2.05) is 0 Å². The molecule has 0 aliphatic heterocycles. The number of carbonyl (C=O) groups is 2. The quantitative estimate of drug-likeness (QED) is 0.381. The number of aliphatic carboxylic acids is 1. The maximum atomic E-state index is 10.3. The number of aromatic carboxylic acids is 1. The number of carboxylic acids is 2. The molecular weight excluding hydrogens is 232 g/mol. The van der Waals surface area contributed by atoms with Crippen LogP contribution in [0, 0.1) is 0 Å². The van der Waals surface area contributed by atoms with Gasteiger partial charge in [-0.2, -0.15) is 0 Å². The standard InChI is InChI=1S/C7H6O5.C3H4O2/c8-4-1-3(7(11)12)2-5(9)6(4)10;1-2-3(4)5/h1-2,8-10H,(H,11,12);2H,1H2,(H,4,5). The molecule has 7 nitrogen and oxygen atoms in total. The first kappa shape index (κ1) is 14.3. The highest BCUT2D eigenvalue weighted by molar-refractivity contribution is 5.89. The van der Waals surface area contributed by atoms with Crippen molar-refractivity contribution in [1.29, 1.82) is 0 Å². The Bertz CT molecular complexity index is 427. The van der Waals surface area contributed by atoms with Gasteiger partial charge in [-0.1, -0.05) is 6.58 Å². The first-order chi connectivity index (χ1) is 7.79. The lowest BCUT2D eigenvalue weighted by Gasteiger charge is -2.01. The number of aromatic hydroxyl groups is 3. The van der Waals surface area contributed by atoms with Crippen molar-refractivity contribution < 1.29 is 35.1 Å². The fourth-order valence-corrected chi connectivity index (χ4v) is 0.728. The van der Waals surface area contributed by atoms with Crippen LogP contribution in [0.2, 0.25) is 0 Å². The van der Waals surface area contributed by atoms with Crippen LogP contribution in [0.5, 0.6) is 17.2 Å². The lowest BCUT2D eigenvalue weighted by molar-refractivity contribution is -0.131. The number of rotatable bonds is 2. The van der Waals surface area contributed by atoms with Crippen molar-refractivity contribution in [3.63, 3.8) is 0 Å². The molecule has 0 saturated heterocycles. The molecule has 1 aromatic carbocycles. The Balaban J connectivity index is 0.000000437. The summed E-state index contributed by atoms with van der Waals surface area (Å²) in [6.45, 7) is 2.96. The fraction of sp³-hybridized carbons (Fsp3) is 0. The lowest BCUT2D eigenvalue weighted by Crippen LogP contribution is -1.95. The average Bonchev–Trinajstić information content (AvgIpc) is 2.25. The predicted octanol–water partition coefficient (Wildman–Crippen LogP) is 0.759. The molecule has 0 atom stereocenters. The van der Waals surface area contributed by atoms with Gasteiger partial charge < -0.3 is 25.5 Å². The van der Waals surface area contributed by atoms with E-state index in [4.69, 9.17) is 25.5 Å². The van der Waals surface area contributed by atoms with Gasteiger partial charge in [0.25, 0.3) is 0 Å². The zero-order valence-corrected chi connectivity index (χ0v) is 8.49. The highest BCUT2D eigenvalue weighted by Crippen LogP contribution is 2.35. The predicted molar refractivity (Wildman–Crippen MR) is 56.2 cm³/mol. The Hall–Kier alpha value is -2.70. The van der Waals surface area contributed by atoms with Gasteiger partial charge in [-0.3, -0.25) is 0 Å². The maximum absolute atomic E-state index is 10.3. The SMILES string of the molecule is C=CC(=O)O.O=C(O)c1cc(O)c(O)c(O)c1. The number of phenolic OH excluding ortho intramolecular Hbond substituents is 3. The van der Waals surface area contributed by atoms with Gasteiger partial charge in [-0.15, -0.1) is 0 Å². The number of carboxylic acid groups (broad SMARTS) is 2. The summed E-state index contributed by atoms with van der Waals surface area (Å²) in [5.41, 5.74) is -0.289. The minimum Gasteiger partial charge on any atom is -0.504 e. The van der Waals surface area contributed by atoms with Crippen LogP contribution < -0.4 is 0 Å². The van der Waals surface area contributed by atoms with Crippen LogP contribution in [0.25, 0.3) is 0 Å².